The van der Waals surface area contributed by atoms with Crippen molar-refractivity contribution < 1.29 is 9.47 Å². The SMILES string of the molecule is COc1ccc([Si]c2cccc3cccc([Si]c4ccc(OC)cc4)c23)cc1. The van der Waals surface area contributed by atoms with Gasteiger partial charge in [0.1, 0.15) is 30.5 Å². The minimum absolute atomic E-state index is 0.612. The van der Waals surface area contributed by atoms with E-state index >= 15 is 0 Å². The molecule has 0 fully saturated rings. The Morgan fingerprint density at radius 2 is 0.964 bits per heavy atom. The molecule has 0 unspecified atom stereocenters. The van der Waals surface area contributed by atoms with Gasteiger partial charge < -0.3 is 9.47 Å². The van der Waals surface area contributed by atoms with Gasteiger partial charge in [-0.15, -0.1) is 0 Å². The molecule has 136 valence electrons. The lowest BCUT2D eigenvalue weighted by molar-refractivity contribution is 0.415. The van der Waals surface area contributed by atoms with Crippen molar-refractivity contribution in [3.63, 3.8) is 0 Å². The fraction of sp³-hybridized carbons (Fsp3) is 0.0833. The Morgan fingerprint density at radius 1 is 0.536 bits per heavy atom. The Bertz CT molecular complexity index is 990. The number of hydrogen-bond acceptors (Lipinski definition) is 2. The van der Waals surface area contributed by atoms with Gasteiger partial charge in [-0.25, -0.2) is 0 Å². The van der Waals surface area contributed by atoms with Crippen LogP contribution in [-0.4, -0.2) is 33.3 Å². The Hall–Kier alpha value is -2.83. The molecular weight excluding hydrogens is 376 g/mol. The van der Waals surface area contributed by atoms with Crippen LogP contribution in [0.5, 0.6) is 11.5 Å². The molecule has 0 aliphatic carbocycles. The molecule has 0 amide bonds. The lowest BCUT2D eigenvalue weighted by Crippen LogP contribution is -2.34. The minimum Gasteiger partial charge on any atom is -0.497 e. The first-order valence-electron chi connectivity index (χ1n) is 9.11. The van der Waals surface area contributed by atoms with E-state index in [1.807, 2.05) is 24.3 Å². The lowest BCUT2D eigenvalue weighted by atomic mass is 10.1. The summed E-state index contributed by atoms with van der Waals surface area (Å²) in [6.45, 7) is 0. The molecular formula is C24H20O2Si2. The molecule has 0 spiro atoms. The van der Waals surface area contributed by atoms with Crippen LogP contribution in [0.3, 0.4) is 0 Å². The van der Waals surface area contributed by atoms with Gasteiger partial charge in [-0.2, -0.15) is 0 Å². The van der Waals surface area contributed by atoms with E-state index in [1.54, 1.807) is 14.2 Å². The molecule has 4 rings (SSSR count). The van der Waals surface area contributed by atoms with Crippen molar-refractivity contribution in [2.75, 3.05) is 14.2 Å². The molecule has 0 saturated carbocycles. The Morgan fingerprint density at radius 3 is 1.36 bits per heavy atom. The second-order valence-electron chi connectivity index (χ2n) is 6.42. The summed E-state index contributed by atoms with van der Waals surface area (Å²) in [6, 6.07) is 30.0. The van der Waals surface area contributed by atoms with Crippen molar-refractivity contribution in [3.8, 4) is 11.5 Å². The van der Waals surface area contributed by atoms with Crippen molar-refractivity contribution in [2.45, 2.75) is 0 Å². The van der Waals surface area contributed by atoms with Crippen LogP contribution in [0.15, 0.2) is 84.9 Å². The standard InChI is InChI=1S/C24H20O2Si2/c1-25-18-9-13-20(14-10-18)27-22-7-3-5-17-6-4-8-23(24(17)22)28-21-15-11-19(26-2)12-16-21/h3-16H,1-2H3. The van der Waals surface area contributed by atoms with Crippen LogP contribution >= 0.6 is 0 Å². The molecule has 0 bridgehead atoms. The van der Waals surface area contributed by atoms with Gasteiger partial charge >= 0.3 is 0 Å². The molecule has 4 aromatic carbocycles. The number of benzene rings is 4. The van der Waals surface area contributed by atoms with E-state index < -0.39 is 0 Å². The zero-order chi connectivity index (χ0) is 19.3. The second-order valence-corrected chi connectivity index (χ2v) is 9.15. The molecule has 28 heavy (non-hydrogen) atoms. The summed E-state index contributed by atoms with van der Waals surface area (Å²) < 4.78 is 10.6. The minimum atomic E-state index is 0.612. The molecule has 0 aliphatic heterocycles. The molecule has 4 radical (unpaired) electrons. The van der Waals surface area contributed by atoms with Gasteiger partial charge in [-0.05, 0) is 35.0 Å². The number of methoxy groups -OCH3 is 2. The third-order valence-corrected chi connectivity index (χ3v) is 7.26. The van der Waals surface area contributed by atoms with E-state index in [4.69, 9.17) is 9.47 Å². The maximum absolute atomic E-state index is 5.29. The van der Waals surface area contributed by atoms with Crippen LogP contribution in [-0.2, 0) is 0 Å². The number of ether oxygens (including phenoxy) is 2. The predicted molar refractivity (Wildman–Crippen MR) is 120 cm³/mol. The summed E-state index contributed by atoms with van der Waals surface area (Å²) in [7, 11) is 4.63. The third-order valence-electron chi connectivity index (χ3n) is 4.64. The highest BCUT2D eigenvalue weighted by molar-refractivity contribution is 6.75. The normalized spacial score (nSPS) is 10.8. The number of rotatable bonds is 6. The Labute approximate surface area is 170 Å². The van der Waals surface area contributed by atoms with Crippen molar-refractivity contribution in [3.05, 3.63) is 84.9 Å². The van der Waals surface area contributed by atoms with Gasteiger partial charge in [0.15, 0.2) is 0 Å². The quantitative estimate of drug-likeness (QED) is 0.465. The van der Waals surface area contributed by atoms with Gasteiger partial charge in [0, 0.05) is 0 Å². The monoisotopic (exact) mass is 396 g/mol. The Kier molecular flexibility index (Phi) is 5.60. The molecule has 4 heteroatoms. The largest absolute Gasteiger partial charge is 0.497 e. The van der Waals surface area contributed by atoms with Crippen molar-refractivity contribution in [1.82, 2.24) is 0 Å². The fourth-order valence-electron chi connectivity index (χ4n) is 3.21. The highest BCUT2D eigenvalue weighted by Gasteiger charge is 2.10. The summed E-state index contributed by atoms with van der Waals surface area (Å²) >= 11 is 0. The smallest absolute Gasteiger partial charge is 0.122 e. The van der Waals surface area contributed by atoms with Crippen molar-refractivity contribution >= 4 is 50.6 Å². The second kappa shape index (κ2) is 8.46. The summed E-state index contributed by atoms with van der Waals surface area (Å²) in [6.07, 6.45) is 0. The van der Waals surface area contributed by atoms with Crippen LogP contribution in [0, 0.1) is 0 Å². The zero-order valence-corrected chi connectivity index (χ0v) is 17.9. The molecule has 2 nitrogen and oxygen atoms in total. The molecule has 4 aromatic rings. The highest BCUT2D eigenvalue weighted by atomic mass is 28.2. The maximum Gasteiger partial charge on any atom is 0.122 e. The van der Waals surface area contributed by atoms with Crippen LogP contribution < -0.4 is 30.2 Å². The van der Waals surface area contributed by atoms with Crippen LogP contribution in [0.25, 0.3) is 10.8 Å². The van der Waals surface area contributed by atoms with Crippen molar-refractivity contribution in [2.24, 2.45) is 0 Å². The van der Waals surface area contributed by atoms with Crippen LogP contribution in [0.2, 0.25) is 0 Å². The summed E-state index contributed by atoms with van der Waals surface area (Å²) in [5, 5.41) is 8.09. The first kappa shape index (κ1) is 18.5. The molecule has 0 atom stereocenters. The molecule has 0 aromatic heterocycles. The van der Waals surface area contributed by atoms with E-state index in [-0.39, 0.29) is 0 Å². The van der Waals surface area contributed by atoms with Gasteiger partial charge in [-0.1, -0.05) is 81.4 Å². The zero-order valence-electron chi connectivity index (χ0n) is 15.9. The Balaban J connectivity index is 1.70. The van der Waals surface area contributed by atoms with E-state index in [2.05, 4.69) is 60.7 Å². The molecule has 0 aliphatic rings. The van der Waals surface area contributed by atoms with Gasteiger partial charge in [0.25, 0.3) is 0 Å². The average molecular weight is 397 g/mol. The van der Waals surface area contributed by atoms with E-state index in [0.717, 1.165) is 11.5 Å². The fourth-order valence-corrected chi connectivity index (χ4v) is 5.79. The van der Waals surface area contributed by atoms with E-state index in [1.165, 1.54) is 31.5 Å². The maximum atomic E-state index is 5.29. The first-order valence-corrected chi connectivity index (χ1v) is 11.1. The van der Waals surface area contributed by atoms with Crippen LogP contribution in [0.4, 0.5) is 0 Å². The van der Waals surface area contributed by atoms with Crippen molar-refractivity contribution in [1.29, 1.82) is 0 Å². The summed E-state index contributed by atoms with van der Waals surface area (Å²) in [4.78, 5) is 0. The molecule has 0 saturated heterocycles. The summed E-state index contributed by atoms with van der Waals surface area (Å²) in [5.74, 6) is 1.79. The van der Waals surface area contributed by atoms with Crippen LogP contribution in [0.1, 0.15) is 0 Å². The van der Waals surface area contributed by atoms with Gasteiger partial charge in [0.2, 0.25) is 0 Å². The molecule has 0 heterocycles. The topological polar surface area (TPSA) is 18.5 Å². The number of fused-ring (bicyclic) bond motifs is 1. The first-order chi connectivity index (χ1) is 13.8. The van der Waals surface area contributed by atoms with E-state index in [9.17, 15) is 0 Å². The molecule has 0 N–H and O–H groups in total. The number of hydrogen-bond donors (Lipinski definition) is 0. The van der Waals surface area contributed by atoms with E-state index in [0.29, 0.717) is 19.0 Å². The highest BCUT2D eigenvalue weighted by Crippen LogP contribution is 2.10. The average Bonchev–Trinajstić information content (AvgIpc) is 2.75. The summed E-state index contributed by atoms with van der Waals surface area (Å²) in [5.41, 5.74) is 0. The third kappa shape index (κ3) is 4.03. The predicted octanol–water partition coefficient (Wildman–Crippen LogP) is 2.17. The lowest BCUT2D eigenvalue weighted by Gasteiger charge is -2.12. The van der Waals surface area contributed by atoms with Gasteiger partial charge in [-0.3, -0.25) is 0 Å². The van der Waals surface area contributed by atoms with Gasteiger partial charge in [0.05, 0.1) is 14.2 Å².